The number of likely N-dealkylation sites (N-methyl/N-ethyl adjacent to an activating group) is 1. The summed E-state index contributed by atoms with van der Waals surface area (Å²) in [5.41, 5.74) is 4.94. The fraction of sp³-hybridized carbons (Fsp3) is 0.545. The fourth-order valence-corrected chi connectivity index (χ4v) is 5.74. The number of hydrogen-bond acceptors (Lipinski definition) is 7. The second kappa shape index (κ2) is 14.3. The van der Waals surface area contributed by atoms with Crippen molar-refractivity contribution in [2.45, 2.75) is 46.0 Å². The van der Waals surface area contributed by atoms with E-state index in [0.717, 1.165) is 81.1 Å². The SMILES string of the molecule is CCCCN(CCCC)CCCNc1ccc2nc3c(oc4ccc(F)cc43)c(NCCN3CCN(C)CC3)c2c1. The monoisotopic (exact) mass is 562 g/mol. The first-order valence-electron chi connectivity index (χ1n) is 15.6. The van der Waals surface area contributed by atoms with Gasteiger partial charge in [-0.15, -0.1) is 0 Å². The number of aromatic nitrogens is 1. The van der Waals surface area contributed by atoms with Crippen LogP contribution in [0.3, 0.4) is 0 Å². The molecule has 3 heterocycles. The van der Waals surface area contributed by atoms with Gasteiger partial charge in [-0.1, -0.05) is 26.7 Å². The van der Waals surface area contributed by atoms with Crippen LogP contribution in [0.5, 0.6) is 0 Å². The first-order valence-corrected chi connectivity index (χ1v) is 15.6. The Labute approximate surface area is 244 Å². The van der Waals surface area contributed by atoms with Crippen molar-refractivity contribution in [2.75, 3.05) is 83.1 Å². The van der Waals surface area contributed by atoms with Crippen molar-refractivity contribution >= 4 is 44.3 Å². The van der Waals surface area contributed by atoms with Gasteiger partial charge in [0.2, 0.25) is 0 Å². The molecule has 0 saturated carbocycles. The molecule has 0 unspecified atom stereocenters. The van der Waals surface area contributed by atoms with Gasteiger partial charge in [0.1, 0.15) is 16.9 Å². The maximum Gasteiger partial charge on any atom is 0.177 e. The van der Waals surface area contributed by atoms with E-state index in [9.17, 15) is 4.39 Å². The quantitative estimate of drug-likeness (QED) is 0.158. The largest absolute Gasteiger partial charge is 0.452 e. The second-order valence-electron chi connectivity index (χ2n) is 11.5. The van der Waals surface area contributed by atoms with E-state index in [1.165, 1.54) is 50.9 Å². The van der Waals surface area contributed by atoms with E-state index < -0.39 is 0 Å². The minimum absolute atomic E-state index is 0.283. The number of benzene rings is 2. The highest BCUT2D eigenvalue weighted by Gasteiger charge is 2.18. The summed E-state index contributed by atoms with van der Waals surface area (Å²) < 4.78 is 20.5. The highest BCUT2D eigenvalue weighted by atomic mass is 19.1. The molecule has 1 aliphatic rings. The van der Waals surface area contributed by atoms with Crippen molar-refractivity contribution < 1.29 is 8.81 Å². The van der Waals surface area contributed by atoms with Crippen molar-refractivity contribution in [1.82, 2.24) is 19.7 Å². The third-order valence-electron chi connectivity index (χ3n) is 8.31. The van der Waals surface area contributed by atoms with Gasteiger partial charge in [0, 0.05) is 62.3 Å². The number of fused-ring (bicyclic) bond motifs is 4. The number of halogens is 1. The molecule has 222 valence electrons. The first kappa shape index (κ1) is 29.5. The molecular formula is C33H47FN6O. The van der Waals surface area contributed by atoms with E-state index in [0.29, 0.717) is 22.1 Å². The number of anilines is 2. The number of hydrogen-bond donors (Lipinski definition) is 2. The summed E-state index contributed by atoms with van der Waals surface area (Å²) in [4.78, 5) is 12.4. The van der Waals surface area contributed by atoms with Crippen LogP contribution in [-0.2, 0) is 0 Å². The van der Waals surface area contributed by atoms with Crippen LogP contribution in [0, 0.1) is 5.82 Å². The predicted molar refractivity (Wildman–Crippen MR) is 171 cm³/mol. The lowest BCUT2D eigenvalue weighted by Gasteiger charge is -2.32. The van der Waals surface area contributed by atoms with E-state index in [1.807, 2.05) is 0 Å². The maximum atomic E-state index is 14.2. The van der Waals surface area contributed by atoms with Crippen molar-refractivity contribution in [3.63, 3.8) is 0 Å². The Balaban J connectivity index is 1.35. The molecule has 41 heavy (non-hydrogen) atoms. The zero-order chi connectivity index (χ0) is 28.6. The molecule has 2 N–H and O–H groups in total. The number of furan rings is 1. The normalized spacial score (nSPS) is 15.0. The molecule has 8 heteroatoms. The molecule has 5 rings (SSSR count). The zero-order valence-corrected chi connectivity index (χ0v) is 25.1. The van der Waals surface area contributed by atoms with E-state index in [1.54, 1.807) is 6.07 Å². The number of nitrogens with one attached hydrogen (secondary N) is 2. The molecule has 1 fully saturated rings. The molecular weight excluding hydrogens is 515 g/mol. The lowest BCUT2D eigenvalue weighted by atomic mass is 10.1. The van der Waals surface area contributed by atoms with Crippen molar-refractivity contribution in [3.8, 4) is 0 Å². The smallest absolute Gasteiger partial charge is 0.177 e. The molecule has 0 radical (unpaired) electrons. The minimum Gasteiger partial charge on any atom is -0.452 e. The van der Waals surface area contributed by atoms with Crippen LogP contribution < -0.4 is 10.6 Å². The fourth-order valence-electron chi connectivity index (χ4n) is 5.74. The number of pyridine rings is 1. The molecule has 2 aromatic heterocycles. The molecule has 2 aromatic carbocycles. The molecule has 0 amide bonds. The van der Waals surface area contributed by atoms with Gasteiger partial charge in [-0.3, -0.25) is 4.90 Å². The summed E-state index contributed by atoms with van der Waals surface area (Å²) in [5, 5.41) is 9.08. The van der Waals surface area contributed by atoms with Crippen LogP contribution in [0.1, 0.15) is 46.0 Å². The summed E-state index contributed by atoms with van der Waals surface area (Å²) >= 11 is 0. The molecule has 0 bridgehead atoms. The number of unbranched alkanes of at least 4 members (excludes halogenated alkanes) is 2. The average Bonchev–Trinajstić information content (AvgIpc) is 3.34. The number of nitrogens with zero attached hydrogens (tertiary/aromatic N) is 4. The Bertz CT molecular complexity index is 1410. The molecule has 4 aromatic rings. The number of rotatable bonds is 15. The van der Waals surface area contributed by atoms with Crippen LogP contribution in [0.15, 0.2) is 40.8 Å². The molecule has 0 aliphatic carbocycles. The van der Waals surface area contributed by atoms with Crippen LogP contribution in [0.4, 0.5) is 15.8 Å². The molecule has 1 aliphatic heterocycles. The van der Waals surface area contributed by atoms with Gasteiger partial charge >= 0.3 is 0 Å². The third kappa shape index (κ3) is 7.48. The van der Waals surface area contributed by atoms with E-state index in [-0.39, 0.29) is 5.82 Å². The van der Waals surface area contributed by atoms with Crippen molar-refractivity contribution in [1.29, 1.82) is 0 Å². The average molecular weight is 563 g/mol. The van der Waals surface area contributed by atoms with E-state index in [4.69, 9.17) is 9.40 Å². The Morgan fingerprint density at radius 2 is 1.63 bits per heavy atom. The van der Waals surface area contributed by atoms with Crippen LogP contribution in [0.25, 0.3) is 33.0 Å². The highest BCUT2D eigenvalue weighted by Crippen LogP contribution is 2.38. The maximum absolute atomic E-state index is 14.2. The summed E-state index contributed by atoms with van der Waals surface area (Å²) in [6.07, 6.45) is 6.12. The lowest BCUT2D eigenvalue weighted by molar-refractivity contribution is 0.158. The van der Waals surface area contributed by atoms with Crippen LogP contribution >= 0.6 is 0 Å². The Kier molecular flexibility index (Phi) is 10.3. The van der Waals surface area contributed by atoms with E-state index in [2.05, 4.69) is 64.4 Å². The molecule has 0 spiro atoms. The Hall–Kier alpha value is -2.94. The van der Waals surface area contributed by atoms with Gasteiger partial charge < -0.3 is 24.9 Å². The van der Waals surface area contributed by atoms with Gasteiger partial charge in [-0.25, -0.2) is 9.37 Å². The predicted octanol–water partition coefficient (Wildman–Crippen LogP) is 6.64. The lowest BCUT2D eigenvalue weighted by Crippen LogP contribution is -2.45. The van der Waals surface area contributed by atoms with Gasteiger partial charge in [-0.05, 0) is 82.3 Å². The summed E-state index contributed by atoms with van der Waals surface area (Å²) in [7, 11) is 2.18. The second-order valence-corrected chi connectivity index (χ2v) is 11.5. The summed E-state index contributed by atoms with van der Waals surface area (Å²) in [5.74, 6) is -0.283. The topological polar surface area (TPSA) is 59.8 Å². The third-order valence-corrected chi connectivity index (χ3v) is 8.31. The summed E-state index contributed by atoms with van der Waals surface area (Å²) in [6, 6.07) is 11.0. The van der Waals surface area contributed by atoms with Gasteiger partial charge in [-0.2, -0.15) is 0 Å². The summed E-state index contributed by atoms with van der Waals surface area (Å²) in [6.45, 7) is 15.1. The van der Waals surface area contributed by atoms with Crippen LogP contribution in [-0.4, -0.2) is 92.2 Å². The van der Waals surface area contributed by atoms with Gasteiger partial charge in [0.05, 0.1) is 11.2 Å². The first-order chi connectivity index (χ1) is 20.1. The van der Waals surface area contributed by atoms with Crippen molar-refractivity contribution in [2.24, 2.45) is 0 Å². The van der Waals surface area contributed by atoms with Gasteiger partial charge in [0.15, 0.2) is 5.58 Å². The minimum atomic E-state index is -0.283. The number of piperazine rings is 1. The van der Waals surface area contributed by atoms with Crippen LogP contribution in [0.2, 0.25) is 0 Å². The van der Waals surface area contributed by atoms with E-state index >= 15 is 0 Å². The highest BCUT2D eigenvalue weighted by molar-refractivity contribution is 6.14. The molecule has 1 saturated heterocycles. The Morgan fingerprint density at radius 3 is 2.39 bits per heavy atom. The van der Waals surface area contributed by atoms with Gasteiger partial charge in [0.25, 0.3) is 0 Å². The Morgan fingerprint density at radius 1 is 0.878 bits per heavy atom. The molecule has 0 atom stereocenters. The standard InChI is InChI=1S/C33H47FN6O/c1-4-6-15-39(16-7-5-2)17-8-13-35-26-10-11-29-27(24-26)31(36-14-18-40-21-19-38(3)20-22-40)33-32(37-29)28-23-25(34)9-12-30(28)41-33/h9-12,23-24,35H,4-8,13-22H2,1-3H3,(H,36,37). The van der Waals surface area contributed by atoms with Crippen molar-refractivity contribution in [3.05, 3.63) is 42.2 Å². The molecule has 7 nitrogen and oxygen atoms in total. The zero-order valence-electron chi connectivity index (χ0n) is 25.1.